The third-order valence-corrected chi connectivity index (χ3v) is 2.30. The Labute approximate surface area is 92.5 Å². The number of aromatic nitrogens is 1. The summed E-state index contributed by atoms with van der Waals surface area (Å²) < 4.78 is 4.71. The molecule has 1 heterocycles. The van der Waals surface area contributed by atoms with E-state index in [2.05, 4.69) is 5.16 Å². The zero-order chi connectivity index (χ0) is 11.7. The fourth-order valence-corrected chi connectivity index (χ4v) is 1.71. The molecule has 82 valence electrons. The van der Waals surface area contributed by atoms with Crippen LogP contribution in [0.2, 0.25) is 0 Å². The molecule has 0 amide bonds. The molecule has 1 aromatic carbocycles. The lowest BCUT2D eigenvalue weighted by Gasteiger charge is -2.02. The molecule has 2 aromatic rings. The highest BCUT2D eigenvalue weighted by Gasteiger charge is 2.16. The summed E-state index contributed by atoms with van der Waals surface area (Å²) in [5, 5.41) is 12.7. The Balaban J connectivity index is 2.58. The number of aromatic carboxylic acids is 1. The first kappa shape index (κ1) is 10.4. The van der Waals surface area contributed by atoms with Crippen LogP contribution in [0.3, 0.4) is 0 Å². The monoisotopic (exact) mass is 217 g/mol. The van der Waals surface area contributed by atoms with Gasteiger partial charge in [0.25, 0.3) is 0 Å². The van der Waals surface area contributed by atoms with Crippen molar-refractivity contribution in [2.75, 3.05) is 0 Å². The Hall–Kier alpha value is -2.10. The quantitative estimate of drug-likeness (QED) is 0.839. The van der Waals surface area contributed by atoms with Crippen LogP contribution in [-0.4, -0.2) is 16.2 Å². The van der Waals surface area contributed by atoms with Gasteiger partial charge >= 0.3 is 5.97 Å². The molecule has 0 fully saturated rings. The number of benzene rings is 1. The van der Waals surface area contributed by atoms with Crippen LogP contribution in [0.4, 0.5) is 0 Å². The number of nitrogens with zero attached hydrogens (tertiary/aromatic N) is 1. The first-order valence-corrected chi connectivity index (χ1v) is 4.84. The summed E-state index contributed by atoms with van der Waals surface area (Å²) in [6, 6.07) is 5.79. The summed E-state index contributed by atoms with van der Waals surface area (Å²) in [5.74, 6) is -1.03. The Bertz CT molecular complexity index is 523. The van der Waals surface area contributed by atoms with E-state index >= 15 is 0 Å². The molecule has 4 nitrogen and oxygen atoms in total. The Morgan fingerprint density at radius 3 is 2.44 bits per heavy atom. The molecular formula is C12H11NO3. The number of hydrogen-bond donors (Lipinski definition) is 1. The second kappa shape index (κ2) is 3.81. The summed E-state index contributed by atoms with van der Waals surface area (Å²) in [6.45, 7) is 3.91. The molecule has 0 aliphatic rings. The number of carbonyl (C=O) groups is 1. The normalized spacial score (nSPS) is 10.4. The van der Waals surface area contributed by atoms with Crippen LogP contribution in [0.1, 0.15) is 21.5 Å². The molecule has 0 aliphatic heterocycles. The van der Waals surface area contributed by atoms with E-state index in [0.717, 1.165) is 23.0 Å². The molecule has 0 unspecified atom stereocenters. The largest absolute Gasteiger partial charge is 0.477 e. The lowest BCUT2D eigenvalue weighted by molar-refractivity contribution is 0.0697. The van der Waals surface area contributed by atoms with Crippen molar-refractivity contribution in [1.82, 2.24) is 5.16 Å². The minimum atomic E-state index is -1.03. The van der Waals surface area contributed by atoms with Crippen molar-refractivity contribution in [3.63, 3.8) is 0 Å². The molecule has 0 radical (unpaired) electrons. The smallest absolute Gasteiger partial charge is 0.341 e. The van der Waals surface area contributed by atoms with E-state index < -0.39 is 5.97 Å². The third kappa shape index (κ3) is 1.82. The van der Waals surface area contributed by atoms with Gasteiger partial charge in [-0.1, -0.05) is 22.3 Å². The van der Waals surface area contributed by atoms with Crippen LogP contribution in [-0.2, 0) is 0 Å². The maximum Gasteiger partial charge on any atom is 0.341 e. The van der Waals surface area contributed by atoms with E-state index in [1.54, 1.807) is 0 Å². The van der Waals surface area contributed by atoms with Crippen molar-refractivity contribution >= 4 is 5.97 Å². The SMILES string of the molecule is Cc1cc(C)cc(-c2nocc2C(=O)O)c1. The van der Waals surface area contributed by atoms with Gasteiger partial charge < -0.3 is 9.63 Å². The van der Waals surface area contributed by atoms with Gasteiger partial charge in [0, 0.05) is 5.56 Å². The van der Waals surface area contributed by atoms with Crippen LogP contribution < -0.4 is 0 Å². The zero-order valence-corrected chi connectivity index (χ0v) is 9.02. The number of carboxylic acids is 1. The van der Waals surface area contributed by atoms with E-state index in [9.17, 15) is 4.79 Å². The van der Waals surface area contributed by atoms with Crippen LogP contribution in [0.15, 0.2) is 29.0 Å². The van der Waals surface area contributed by atoms with Crippen molar-refractivity contribution in [3.8, 4) is 11.3 Å². The molecule has 4 heteroatoms. The fourth-order valence-electron chi connectivity index (χ4n) is 1.71. The average Bonchev–Trinajstić information content (AvgIpc) is 2.63. The first-order valence-electron chi connectivity index (χ1n) is 4.84. The molecule has 0 saturated carbocycles. The van der Waals surface area contributed by atoms with Gasteiger partial charge in [-0.15, -0.1) is 0 Å². The zero-order valence-electron chi connectivity index (χ0n) is 9.02. The Morgan fingerprint density at radius 1 is 1.25 bits per heavy atom. The maximum absolute atomic E-state index is 10.9. The molecule has 1 N–H and O–H groups in total. The standard InChI is InChI=1S/C12H11NO3/c1-7-3-8(2)5-9(4-7)11-10(12(14)15)6-16-13-11/h3-6H,1-2H3,(H,14,15). The van der Waals surface area contributed by atoms with Gasteiger partial charge in [-0.2, -0.15) is 0 Å². The van der Waals surface area contributed by atoms with Gasteiger partial charge in [-0.25, -0.2) is 4.79 Å². The van der Waals surface area contributed by atoms with Gasteiger partial charge in [0.15, 0.2) is 0 Å². The van der Waals surface area contributed by atoms with Crippen molar-refractivity contribution in [2.45, 2.75) is 13.8 Å². The van der Waals surface area contributed by atoms with Gasteiger partial charge in [0.05, 0.1) is 0 Å². The average molecular weight is 217 g/mol. The van der Waals surface area contributed by atoms with Crippen LogP contribution in [0, 0.1) is 13.8 Å². The van der Waals surface area contributed by atoms with Crippen molar-refractivity contribution < 1.29 is 14.4 Å². The van der Waals surface area contributed by atoms with Crippen LogP contribution in [0.5, 0.6) is 0 Å². The highest BCUT2D eigenvalue weighted by molar-refractivity contribution is 5.94. The molecule has 0 atom stereocenters. The second-order valence-corrected chi connectivity index (χ2v) is 3.76. The van der Waals surface area contributed by atoms with E-state index in [0.29, 0.717) is 5.69 Å². The van der Waals surface area contributed by atoms with Crippen LogP contribution >= 0.6 is 0 Å². The highest BCUT2D eigenvalue weighted by Crippen LogP contribution is 2.24. The third-order valence-electron chi connectivity index (χ3n) is 2.30. The lowest BCUT2D eigenvalue weighted by Crippen LogP contribution is -1.97. The molecule has 0 spiro atoms. The maximum atomic E-state index is 10.9. The Kier molecular flexibility index (Phi) is 2.48. The van der Waals surface area contributed by atoms with Gasteiger partial charge in [0.2, 0.25) is 0 Å². The van der Waals surface area contributed by atoms with E-state index in [1.807, 2.05) is 32.0 Å². The van der Waals surface area contributed by atoms with Crippen LogP contribution in [0.25, 0.3) is 11.3 Å². The van der Waals surface area contributed by atoms with Gasteiger partial charge in [-0.3, -0.25) is 0 Å². The Morgan fingerprint density at radius 2 is 1.88 bits per heavy atom. The second-order valence-electron chi connectivity index (χ2n) is 3.76. The molecule has 16 heavy (non-hydrogen) atoms. The van der Waals surface area contributed by atoms with E-state index in [1.165, 1.54) is 0 Å². The number of rotatable bonds is 2. The summed E-state index contributed by atoms with van der Waals surface area (Å²) in [6.07, 6.45) is 1.15. The molecule has 1 aromatic heterocycles. The lowest BCUT2D eigenvalue weighted by atomic mass is 10.0. The summed E-state index contributed by atoms with van der Waals surface area (Å²) in [5.41, 5.74) is 3.36. The highest BCUT2D eigenvalue weighted by atomic mass is 16.5. The molecule has 0 aliphatic carbocycles. The van der Waals surface area contributed by atoms with Gasteiger partial charge in [-0.05, 0) is 26.0 Å². The number of carboxylic acid groups (broad SMARTS) is 1. The van der Waals surface area contributed by atoms with E-state index in [4.69, 9.17) is 9.63 Å². The molecule has 2 rings (SSSR count). The molecule has 0 bridgehead atoms. The predicted octanol–water partition coefficient (Wildman–Crippen LogP) is 2.66. The minimum absolute atomic E-state index is 0.0880. The number of aryl methyl sites for hydroxylation is 2. The topological polar surface area (TPSA) is 63.3 Å². The molecular weight excluding hydrogens is 206 g/mol. The van der Waals surface area contributed by atoms with Crippen molar-refractivity contribution in [3.05, 3.63) is 41.2 Å². The van der Waals surface area contributed by atoms with Gasteiger partial charge in [0.1, 0.15) is 17.5 Å². The minimum Gasteiger partial charge on any atom is -0.477 e. The summed E-state index contributed by atoms with van der Waals surface area (Å²) in [7, 11) is 0. The first-order chi connectivity index (χ1) is 7.58. The summed E-state index contributed by atoms with van der Waals surface area (Å²) in [4.78, 5) is 10.9. The van der Waals surface area contributed by atoms with Crippen molar-refractivity contribution in [2.24, 2.45) is 0 Å². The van der Waals surface area contributed by atoms with E-state index in [-0.39, 0.29) is 5.56 Å². The predicted molar refractivity (Wildman–Crippen MR) is 58.4 cm³/mol. The number of hydrogen-bond acceptors (Lipinski definition) is 3. The molecule has 0 saturated heterocycles. The fraction of sp³-hybridized carbons (Fsp3) is 0.167. The summed E-state index contributed by atoms with van der Waals surface area (Å²) >= 11 is 0. The van der Waals surface area contributed by atoms with Crippen molar-refractivity contribution in [1.29, 1.82) is 0 Å².